The average molecular weight is 496 g/mol. The third-order valence-electron chi connectivity index (χ3n) is 5.16. The van der Waals surface area contributed by atoms with Gasteiger partial charge in [0, 0.05) is 28.0 Å². The van der Waals surface area contributed by atoms with Gasteiger partial charge in [-0.1, -0.05) is 76.1 Å². The fourth-order valence-corrected chi connectivity index (χ4v) is 4.38. The Balaban J connectivity index is 1.71. The summed E-state index contributed by atoms with van der Waals surface area (Å²) in [5, 5.41) is 15.2. The van der Waals surface area contributed by atoms with E-state index in [0.717, 1.165) is 15.6 Å². The highest BCUT2D eigenvalue weighted by Crippen LogP contribution is 2.39. The van der Waals surface area contributed by atoms with Gasteiger partial charge in [0.05, 0.1) is 11.1 Å². The number of pyridine rings is 1. The van der Waals surface area contributed by atoms with Crippen molar-refractivity contribution in [1.29, 1.82) is 0 Å². The molecule has 1 aromatic heterocycles. The van der Waals surface area contributed by atoms with Crippen LogP contribution in [0, 0.1) is 0 Å². The Morgan fingerprint density at radius 3 is 2.55 bits per heavy atom. The minimum absolute atomic E-state index is 0.00381. The quantitative estimate of drug-likeness (QED) is 0.335. The van der Waals surface area contributed by atoms with Crippen molar-refractivity contribution in [3.63, 3.8) is 0 Å². The van der Waals surface area contributed by atoms with Crippen LogP contribution in [-0.2, 0) is 11.2 Å². The van der Waals surface area contributed by atoms with Gasteiger partial charge in [-0.25, -0.2) is 0 Å². The lowest BCUT2D eigenvalue weighted by Gasteiger charge is -2.23. The largest absolute Gasteiger partial charge is 0.505 e. The van der Waals surface area contributed by atoms with Gasteiger partial charge in [0.15, 0.2) is 0 Å². The van der Waals surface area contributed by atoms with E-state index in [4.69, 9.17) is 11.6 Å². The smallest absolute Gasteiger partial charge is 0.221 e. The molecule has 31 heavy (non-hydrogen) atoms. The van der Waals surface area contributed by atoms with Crippen molar-refractivity contribution in [3.8, 4) is 5.75 Å². The van der Waals surface area contributed by atoms with Gasteiger partial charge in [-0.15, -0.1) is 0 Å². The van der Waals surface area contributed by atoms with Crippen LogP contribution >= 0.6 is 27.5 Å². The summed E-state index contributed by atoms with van der Waals surface area (Å²) in [5.41, 5.74) is 2.81. The molecule has 4 rings (SSSR count). The molecule has 0 radical (unpaired) electrons. The number of halogens is 2. The van der Waals surface area contributed by atoms with Crippen LogP contribution in [0.5, 0.6) is 5.75 Å². The van der Waals surface area contributed by atoms with Crippen molar-refractivity contribution in [2.45, 2.75) is 18.9 Å². The third kappa shape index (κ3) is 4.73. The highest BCUT2D eigenvalue weighted by atomic mass is 79.9. The Kier molecular flexibility index (Phi) is 6.54. The van der Waals surface area contributed by atoms with E-state index in [-0.39, 0.29) is 11.7 Å². The molecule has 0 bridgehead atoms. The zero-order valence-corrected chi connectivity index (χ0v) is 18.9. The van der Waals surface area contributed by atoms with E-state index in [1.165, 1.54) is 0 Å². The second-order valence-corrected chi connectivity index (χ2v) is 8.46. The van der Waals surface area contributed by atoms with Crippen molar-refractivity contribution in [2.75, 3.05) is 0 Å². The summed E-state index contributed by atoms with van der Waals surface area (Å²) in [6.07, 6.45) is 2.56. The van der Waals surface area contributed by atoms with Crippen molar-refractivity contribution in [1.82, 2.24) is 10.3 Å². The van der Waals surface area contributed by atoms with Crippen molar-refractivity contribution in [2.24, 2.45) is 0 Å². The number of carbonyl (C=O) groups excluding carboxylic acids is 1. The normalized spacial score (nSPS) is 11.9. The summed E-state index contributed by atoms with van der Waals surface area (Å²) in [4.78, 5) is 17.2. The molecule has 2 N–H and O–H groups in total. The molecule has 0 fully saturated rings. The Bertz CT molecular complexity index is 1230. The molecule has 1 amide bonds. The van der Waals surface area contributed by atoms with Crippen LogP contribution in [0.1, 0.15) is 29.2 Å². The molecule has 6 heteroatoms. The number of fused-ring (bicyclic) bond motifs is 1. The van der Waals surface area contributed by atoms with Crippen molar-refractivity contribution >= 4 is 44.3 Å². The van der Waals surface area contributed by atoms with Gasteiger partial charge in [-0.3, -0.25) is 9.78 Å². The number of nitrogens with zero attached hydrogens (tertiary/aromatic N) is 1. The Morgan fingerprint density at radius 1 is 1.03 bits per heavy atom. The number of amides is 1. The number of phenolic OH excluding ortho intramolecular Hbond substituents is 1. The number of carbonyl (C=O) groups is 1. The number of aryl methyl sites for hydroxylation is 1. The maximum absolute atomic E-state index is 12.9. The SMILES string of the molecule is O=C(CCc1ccccc1)NC(c1ccccc1Br)c1cc(Cl)c2cccnc2c1O. The molecule has 3 aromatic carbocycles. The van der Waals surface area contributed by atoms with Gasteiger partial charge in [0.2, 0.25) is 5.91 Å². The first-order valence-corrected chi connectivity index (χ1v) is 11.1. The van der Waals surface area contributed by atoms with Crippen LogP contribution < -0.4 is 5.32 Å². The van der Waals surface area contributed by atoms with Gasteiger partial charge < -0.3 is 10.4 Å². The van der Waals surface area contributed by atoms with Crippen LogP contribution in [0.3, 0.4) is 0 Å². The number of nitrogens with one attached hydrogen (secondary N) is 1. The second kappa shape index (κ2) is 9.50. The first kappa shape index (κ1) is 21.3. The van der Waals surface area contributed by atoms with Crippen molar-refractivity contribution < 1.29 is 9.90 Å². The number of hydrogen-bond donors (Lipinski definition) is 2. The van der Waals surface area contributed by atoms with Gasteiger partial charge in [0.25, 0.3) is 0 Å². The zero-order chi connectivity index (χ0) is 21.8. The molecule has 0 aliphatic heterocycles. The summed E-state index contributed by atoms with van der Waals surface area (Å²) in [5.74, 6) is -0.120. The lowest BCUT2D eigenvalue weighted by Crippen LogP contribution is -2.30. The molecule has 0 saturated carbocycles. The highest BCUT2D eigenvalue weighted by molar-refractivity contribution is 9.10. The summed E-state index contributed by atoms with van der Waals surface area (Å²) < 4.78 is 0.819. The van der Waals surface area contributed by atoms with Gasteiger partial charge in [-0.2, -0.15) is 0 Å². The molecule has 0 aliphatic rings. The predicted molar refractivity (Wildman–Crippen MR) is 127 cm³/mol. The molecule has 0 saturated heterocycles. The molecular weight excluding hydrogens is 476 g/mol. The number of hydrogen-bond acceptors (Lipinski definition) is 3. The minimum Gasteiger partial charge on any atom is -0.505 e. The van der Waals surface area contributed by atoms with E-state index in [2.05, 4.69) is 26.2 Å². The summed E-state index contributed by atoms with van der Waals surface area (Å²) >= 11 is 10.1. The van der Waals surface area contributed by atoms with E-state index >= 15 is 0 Å². The summed E-state index contributed by atoms with van der Waals surface area (Å²) in [7, 11) is 0. The number of aromatic nitrogens is 1. The maximum Gasteiger partial charge on any atom is 0.221 e. The van der Waals surface area contributed by atoms with Crippen LogP contribution in [0.4, 0.5) is 0 Å². The number of aromatic hydroxyl groups is 1. The topological polar surface area (TPSA) is 62.2 Å². The van der Waals surface area contributed by atoms with Gasteiger partial charge >= 0.3 is 0 Å². The molecule has 0 aliphatic carbocycles. The maximum atomic E-state index is 12.9. The molecule has 1 heterocycles. The van der Waals surface area contributed by atoms with Crippen LogP contribution in [0.2, 0.25) is 5.02 Å². The second-order valence-electron chi connectivity index (χ2n) is 7.20. The predicted octanol–water partition coefficient (Wildman–Crippen LogP) is 6.19. The molecule has 0 spiro atoms. The Labute approximate surface area is 194 Å². The Hall–Kier alpha value is -2.89. The lowest BCUT2D eigenvalue weighted by molar-refractivity contribution is -0.121. The van der Waals surface area contributed by atoms with Crippen molar-refractivity contribution in [3.05, 3.63) is 105 Å². The molecule has 4 aromatic rings. The fraction of sp³-hybridized carbons (Fsp3) is 0.120. The average Bonchev–Trinajstić information content (AvgIpc) is 2.80. The van der Waals surface area contributed by atoms with Crippen LogP contribution in [-0.4, -0.2) is 16.0 Å². The molecular formula is C25H20BrClN2O2. The third-order valence-corrected chi connectivity index (χ3v) is 6.20. The van der Waals surface area contributed by atoms with Gasteiger partial charge in [-0.05, 0) is 41.8 Å². The number of rotatable bonds is 6. The van der Waals surface area contributed by atoms with Crippen LogP contribution in [0.25, 0.3) is 10.9 Å². The molecule has 1 unspecified atom stereocenters. The molecule has 156 valence electrons. The molecule has 1 atom stereocenters. The van der Waals surface area contributed by atoms with Crippen LogP contribution in [0.15, 0.2) is 83.5 Å². The number of phenols is 1. The lowest BCUT2D eigenvalue weighted by atomic mass is 9.95. The first-order chi connectivity index (χ1) is 15.0. The zero-order valence-electron chi connectivity index (χ0n) is 16.6. The minimum atomic E-state index is -0.595. The molecule has 4 nitrogen and oxygen atoms in total. The van der Waals surface area contributed by atoms with E-state index in [0.29, 0.717) is 34.3 Å². The number of benzene rings is 3. The fourth-order valence-electron chi connectivity index (χ4n) is 3.59. The Morgan fingerprint density at radius 2 is 1.77 bits per heavy atom. The van der Waals surface area contributed by atoms with E-state index in [1.54, 1.807) is 24.4 Å². The standard InChI is InChI=1S/C25H20BrClN2O2/c26-20-11-5-4-9-17(20)23(29-22(30)13-12-16-7-2-1-3-8-16)19-15-21(27)18-10-6-14-28-24(18)25(19)31/h1-11,14-15,23,31H,12-13H2,(H,29,30). The highest BCUT2D eigenvalue weighted by Gasteiger charge is 2.24. The van der Waals surface area contributed by atoms with E-state index in [1.807, 2.05) is 54.6 Å². The van der Waals surface area contributed by atoms with Gasteiger partial charge in [0.1, 0.15) is 11.3 Å². The monoisotopic (exact) mass is 494 g/mol. The van der Waals surface area contributed by atoms with E-state index in [9.17, 15) is 9.90 Å². The first-order valence-electron chi connectivity index (χ1n) is 9.88. The van der Waals surface area contributed by atoms with E-state index < -0.39 is 6.04 Å². The summed E-state index contributed by atoms with van der Waals surface area (Å²) in [6, 6.07) is 22.1. The summed E-state index contributed by atoms with van der Waals surface area (Å²) in [6.45, 7) is 0.